The minimum absolute atomic E-state index is 0. The standard InChI is InChI=1S/C23H26N4O3.2ClH/c1-27(2)12-11-16(24)20-15-9-10-18(28-3)22(29-4)21(15)26-23(25-20)19-13-14-7-5-6-8-17(14)30-19;;/h5-10,13,16H,11-12,24H2,1-4H3;2*1H. The van der Waals surface area contributed by atoms with Gasteiger partial charge in [0.25, 0.3) is 0 Å². The van der Waals surface area contributed by atoms with Crippen LogP contribution in [0.4, 0.5) is 0 Å². The number of benzene rings is 2. The van der Waals surface area contributed by atoms with E-state index in [1.54, 1.807) is 14.2 Å². The summed E-state index contributed by atoms with van der Waals surface area (Å²) < 4.78 is 17.1. The van der Waals surface area contributed by atoms with Crippen LogP contribution in [0.3, 0.4) is 0 Å². The fourth-order valence-electron chi connectivity index (χ4n) is 3.55. The molecule has 2 aromatic heterocycles. The second-order valence-corrected chi connectivity index (χ2v) is 7.48. The topological polar surface area (TPSA) is 86.6 Å². The second-order valence-electron chi connectivity index (χ2n) is 7.48. The number of nitrogens with two attached hydrogens (primary N) is 1. The first kappa shape index (κ1) is 25.7. The maximum Gasteiger partial charge on any atom is 0.196 e. The molecule has 0 bridgehead atoms. The number of hydrogen-bond acceptors (Lipinski definition) is 7. The minimum atomic E-state index is -0.265. The van der Waals surface area contributed by atoms with E-state index in [-0.39, 0.29) is 30.9 Å². The van der Waals surface area contributed by atoms with Gasteiger partial charge in [0, 0.05) is 16.8 Å². The first-order valence-corrected chi connectivity index (χ1v) is 9.83. The highest BCUT2D eigenvalue weighted by molar-refractivity contribution is 5.91. The Kier molecular flexibility index (Phi) is 8.69. The molecule has 0 radical (unpaired) electrons. The first-order chi connectivity index (χ1) is 14.5. The highest BCUT2D eigenvalue weighted by Crippen LogP contribution is 2.38. The number of hydrogen-bond donors (Lipinski definition) is 1. The lowest BCUT2D eigenvalue weighted by Gasteiger charge is -2.18. The van der Waals surface area contributed by atoms with Crippen molar-refractivity contribution in [3.05, 3.63) is 48.2 Å². The molecule has 172 valence electrons. The van der Waals surface area contributed by atoms with Crippen LogP contribution in [-0.4, -0.2) is 49.7 Å². The molecule has 0 aliphatic heterocycles. The molecule has 1 atom stereocenters. The van der Waals surface area contributed by atoms with Gasteiger partial charge in [0.15, 0.2) is 23.1 Å². The van der Waals surface area contributed by atoms with Crippen molar-refractivity contribution >= 4 is 46.7 Å². The molecule has 32 heavy (non-hydrogen) atoms. The van der Waals surface area contributed by atoms with Crippen molar-refractivity contribution in [2.75, 3.05) is 34.9 Å². The van der Waals surface area contributed by atoms with Crippen LogP contribution in [0.25, 0.3) is 33.5 Å². The number of halogens is 2. The maximum atomic E-state index is 6.57. The molecule has 0 amide bonds. The SMILES string of the molecule is COc1ccc2c(C(N)CCN(C)C)nc(-c3cc4ccccc4o3)nc2c1OC.Cl.Cl. The molecule has 0 aliphatic rings. The van der Waals surface area contributed by atoms with Crippen molar-refractivity contribution in [3.8, 4) is 23.1 Å². The van der Waals surface area contributed by atoms with Crippen LogP contribution >= 0.6 is 24.8 Å². The van der Waals surface area contributed by atoms with Crippen molar-refractivity contribution in [1.82, 2.24) is 14.9 Å². The van der Waals surface area contributed by atoms with Crippen LogP contribution < -0.4 is 15.2 Å². The molecule has 4 rings (SSSR count). The van der Waals surface area contributed by atoms with Crippen LogP contribution in [0.2, 0.25) is 0 Å². The molecule has 0 saturated heterocycles. The van der Waals surface area contributed by atoms with Gasteiger partial charge >= 0.3 is 0 Å². The number of methoxy groups -OCH3 is 2. The smallest absolute Gasteiger partial charge is 0.196 e. The Hall–Kier alpha value is -2.58. The molecule has 2 N–H and O–H groups in total. The molecule has 2 heterocycles. The van der Waals surface area contributed by atoms with Gasteiger partial charge in [0.1, 0.15) is 11.1 Å². The number of ether oxygens (including phenoxy) is 2. The van der Waals surface area contributed by atoms with Crippen molar-refractivity contribution in [2.24, 2.45) is 5.73 Å². The summed E-state index contributed by atoms with van der Waals surface area (Å²) in [5.74, 6) is 2.22. The number of aromatic nitrogens is 2. The summed E-state index contributed by atoms with van der Waals surface area (Å²) in [5.41, 5.74) is 8.77. The highest BCUT2D eigenvalue weighted by atomic mass is 35.5. The van der Waals surface area contributed by atoms with Gasteiger partial charge in [-0.15, -0.1) is 24.8 Å². The van der Waals surface area contributed by atoms with Crippen LogP contribution in [-0.2, 0) is 0 Å². The molecule has 0 spiro atoms. The lowest BCUT2D eigenvalue weighted by atomic mass is 10.0. The molecule has 9 heteroatoms. The third kappa shape index (κ3) is 4.91. The summed E-state index contributed by atoms with van der Waals surface area (Å²) in [6.45, 7) is 0.847. The summed E-state index contributed by atoms with van der Waals surface area (Å²) in [7, 11) is 7.26. The Morgan fingerprint density at radius 2 is 1.78 bits per heavy atom. The number of rotatable bonds is 7. The van der Waals surface area contributed by atoms with Gasteiger partial charge in [-0.2, -0.15) is 0 Å². The van der Waals surface area contributed by atoms with E-state index in [2.05, 4.69) is 4.90 Å². The summed E-state index contributed by atoms with van der Waals surface area (Å²) in [6.07, 6.45) is 0.757. The average Bonchev–Trinajstić information content (AvgIpc) is 3.20. The number of nitrogens with zero attached hydrogens (tertiary/aromatic N) is 3. The summed E-state index contributed by atoms with van der Waals surface area (Å²) in [5, 5.41) is 1.84. The largest absolute Gasteiger partial charge is 0.493 e. The zero-order valence-electron chi connectivity index (χ0n) is 18.5. The van der Waals surface area contributed by atoms with E-state index in [0.29, 0.717) is 28.6 Å². The molecule has 2 aromatic carbocycles. The molecule has 0 saturated carbocycles. The third-order valence-corrected chi connectivity index (χ3v) is 5.12. The highest BCUT2D eigenvalue weighted by Gasteiger charge is 2.21. The van der Waals surface area contributed by atoms with Gasteiger partial charge in [-0.1, -0.05) is 18.2 Å². The Labute approximate surface area is 199 Å². The third-order valence-electron chi connectivity index (χ3n) is 5.12. The van der Waals surface area contributed by atoms with Crippen LogP contribution in [0.1, 0.15) is 18.2 Å². The van der Waals surface area contributed by atoms with Gasteiger partial charge in [-0.25, -0.2) is 9.97 Å². The van der Waals surface area contributed by atoms with E-state index >= 15 is 0 Å². The summed E-state index contributed by atoms with van der Waals surface area (Å²) in [6, 6.07) is 13.3. The van der Waals surface area contributed by atoms with Crippen LogP contribution in [0.5, 0.6) is 11.5 Å². The Morgan fingerprint density at radius 3 is 2.44 bits per heavy atom. The molecule has 0 fully saturated rings. The zero-order chi connectivity index (χ0) is 21.3. The monoisotopic (exact) mass is 478 g/mol. The predicted octanol–water partition coefficient (Wildman–Crippen LogP) is 4.86. The number of fused-ring (bicyclic) bond motifs is 2. The van der Waals surface area contributed by atoms with Gasteiger partial charge in [-0.05, 0) is 51.3 Å². The number of para-hydroxylation sites is 1. The fraction of sp³-hybridized carbons (Fsp3) is 0.304. The van der Waals surface area contributed by atoms with E-state index in [1.165, 1.54) is 0 Å². The fourth-order valence-corrected chi connectivity index (χ4v) is 3.55. The van der Waals surface area contributed by atoms with E-state index < -0.39 is 0 Å². The van der Waals surface area contributed by atoms with Crippen molar-refractivity contribution in [3.63, 3.8) is 0 Å². The maximum absolute atomic E-state index is 6.57. The molecule has 7 nitrogen and oxygen atoms in total. The Bertz CT molecular complexity index is 1160. The average molecular weight is 479 g/mol. The molecule has 0 aliphatic carbocycles. The van der Waals surface area contributed by atoms with Gasteiger partial charge in [0.2, 0.25) is 0 Å². The van der Waals surface area contributed by atoms with Crippen LogP contribution in [0.15, 0.2) is 46.9 Å². The van der Waals surface area contributed by atoms with E-state index in [0.717, 1.165) is 35.0 Å². The normalized spacial score (nSPS) is 11.8. The van der Waals surface area contributed by atoms with Gasteiger partial charge in [0.05, 0.1) is 19.9 Å². The number of furan rings is 1. The first-order valence-electron chi connectivity index (χ1n) is 9.83. The quantitative estimate of drug-likeness (QED) is 0.405. The Morgan fingerprint density at radius 1 is 1.03 bits per heavy atom. The molecular weight excluding hydrogens is 451 g/mol. The van der Waals surface area contributed by atoms with E-state index in [4.69, 9.17) is 29.6 Å². The lowest BCUT2D eigenvalue weighted by molar-refractivity contribution is 0.358. The molecule has 1 unspecified atom stereocenters. The lowest BCUT2D eigenvalue weighted by Crippen LogP contribution is -2.21. The molecule has 4 aromatic rings. The van der Waals surface area contributed by atoms with Crippen molar-refractivity contribution in [2.45, 2.75) is 12.5 Å². The van der Waals surface area contributed by atoms with E-state index in [9.17, 15) is 0 Å². The zero-order valence-corrected chi connectivity index (χ0v) is 20.1. The Balaban J connectivity index is 0.00000181. The summed E-state index contributed by atoms with van der Waals surface area (Å²) >= 11 is 0. The second kappa shape index (κ2) is 10.8. The van der Waals surface area contributed by atoms with Crippen LogP contribution in [0, 0.1) is 0 Å². The van der Waals surface area contributed by atoms with E-state index in [1.807, 2.05) is 56.6 Å². The van der Waals surface area contributed by atoms with Crippen molar-refractivity contribution in [1.29, 1.82) is 0 Å². The predicted molar refractivity (Wildman–Crippen MR) is 132 cm³/mol. The van der Waals surface area contributed by atoms with Gasteiger partial charge in [-0.3, -0.25) is 0 Å². The molecular formula is C23H28Cl2N4O3. The van der Waals surface area contributed by atoms with Gasteiger partial charge < -0.3 is 24.5 Å². The minimum Gasteiger partial charge on any atom is -0.493 e. The summed E-state index contributed by atoms with van der Waals surface area (Å²) in [4.78, 5) is 11.7. The van der Waals surface area contributed by atoms with Crippen molar-refractivity contribution < 1.29 is 13.9 Å².